The molecule has 0 N–H and O–H groups in total. The van der Waals surface area contributed by atoms with E-state index in [1.807, 2.05) is 0 Å². The topological polar surface area (TPSA) is 17.1 Å². The van der Waals surface area contributed by atoms with Gasteiger partial charge in [0.15, 0.2) is 0 Å². The van der Waals surface area contributed by atoms with Crippen molar-refractivity contribution in [1.29, 1.82) is 0 Å². The molecular weight excluding hydrogens is 148 g/mol. The van der Waals surface area contributed by atoms with Gasteiger partial charge in [0.2, 0.25) is 0 Å². The van der Waals surface area contributed by atoms with Gasteiger partial charge in [-0.2, -0.15) is 0 Å². The van der Waals surface area contributed by atoms with Crippen LogP contribution in [0.1, 0.15) is 19.3 Å². The molecule has 5 aliphatic rings. The Morgan fingerprint density at radius 1 is 1.42 bits per heavy atom. The predicted molar refractivity (Wildman–Crippen MR) is 44.4 cm³/mol. The van der Waals surface area contributed by atoms with E-state index in [-0.39, 0.29) is 0 Å². The molecule has 0 aromatic heterocycles. The molecular formula is C11H12O. The van der Waals surface area contributed by atoms with E-state index in [4.69, 9.17) is 0 Å². The van der Waals surface area contributed by atoms with Crippen molar-refractivity contribution in [2.45, 2.75) is 19.3 Å². The lowest BCUT2D eigenvalue weighted by Crippen LogP contribution is -2.16. The smallest absolute Gasteiger partial charge is 0.144 e. The number of allylic oxidation sites excluding steroid dienone is 1. The fourth-order valence-electron chi connectivity index (χ4n) is 4.48. The Morgan fingerprint density at radius 3 is 2.58 bits per heavy atom. The summed E-state index contributed by atoms with van der Waals surface area (Å²) in [4.78, 5) is 11.8. The van der Waals surface area contributed by atoms with Crippen molar-refractivity contribution in [1.82, 2.24) is 0 Å². The van der Waals surface area contributed by atoms with E-state index in [0.717, 1.165) is 5.92 Å². The fraction of sp³-hybridized carbons (Fsp3) is 0.727. The number of ketones is 1. The highest BCUT2D eigenvalue weighted by Crippen LogP contribution is 2.79. The molecule has 1 heteroatoms. The number of rotatable bonds is 0. The Labute approximate surface area is 71.8 Å². The lowest BCUT2D eigenvalue weighted by atomic mass is 9.84. The van der Waals surface area contributed by atoms with Gasteiger partial charge in [0, 0.05) is 11.8 Å². The van der Waals surface area contributed by atoms with Crippen molar-refractivity contribution in [3.63, 3.8) is 0 Å². The second-order valence-corrected chi connectivity index (χ2v) is 5.11. The van der Waals surface area contributed by atoms with Crippen LogP contribution in [0.2, 0.25) is 0 Å². The molecule has 0 aliphatic heterocycles. The van der Waals surface area contributed by atoms with Crippen LogP contribution in [0.5, 0.6) is 0 Å². The maximum atomic E-state index is 11.8. The molecule has 0 saturated heterocycles. The van der Waals surface area contributed by atoms with Crippen LogP contribution >= 0.6 is 0 Å². The highest BCUT2D eigenvalue weighted by molar-refractivity contribution is 5.96. The van der Waals surface area contributed by atoms with Gasteiger partial charge < -0.3 is 0 Å². The summed E-state index contributed by atoms with van der Waals surface area (Å²) in [5, 5.41) is 0. The van der Waals surface area contributed by atoms with E-state index in [9.17, 15) is 4.79 Å². The Hall–Kier alpha value is -0.590. The molecule has 0 heterocycles. The van der Waals surface area contributed by atoms with Crippen LogP contribution in [-0.2, 0) is 4.79 Å². The maximum Gasteiger partial charge on any atom is 0.144 e. The Bertz CT molecular complexity index is 324. The van der Waals surface area contributed by atoms with Gasteiger partial charge in [-0.3, -0.25) is 4.79 Å². The zero-order valence-electron chi connectivity index (χ0n) is 7.05. The summed E-state index contributed by atoms with van der Waals surface area (Å²) in [6.07, 6.45) is 3.99. The van der Waals surface area contributed by atoms with E-state index in [0.29, 0.717) is 29.0 Å². The summed E-state index contributed by atoms with van der Waals surface area (Å²) in [6, 6.07) is 0. The fourth-order valence-corrected chi connectivity index (χ4v) is 4.48. The van der Waals surface area contributed by atoms with Crippen molar-refractivity contribution < 1.29 is 4.79 Å². The Balaban J connectivity index is 2.00. The molecule has 1 spiro atoms. The molecule has 4 bridgehead atoms. The van der Waals surface area contributed by atoms with Crippen molar-refractivity contribution in [2.24, 2.45) is 29.1 Å². The molecule has 4 atom stereocenters. The molecule has 0 amide bonds. The van der Waals surface area contributed by atoms with Crippen LogP contribution in [0, 0.1) is 29.1 Å². The second-order valence-electron chi connectivity index (χ2n) is 5.11. The summed E-state index contributed by atoms with van der Waals surface area (Å²) >= 11 is 0. The van der Waals surface area contributed by atoms with Crippen LogP contribution in [-0.4, -0.2) is 5.78 Å². The molecule has 5 fully saturated rings. The van der Waals surface area contributed by atoms with Gasteiger partial charge in [-0.1, -0.05) is 12.2 Å². The van der Waals surface area contributed by atoms with Crippen LogP contribution in [0.3, 0.4) is 0 Å². The van der Waals surface area contributed by atoms with Crippen LogP contribution in [0.25, 0.3) is 0 Å². The van der Waals surface area contributed by atoms with Gasteiger partial charge in [0.05, 0.1) is 0 Å². The first kappa shape index (κ1) is 5.95. The SMILES string of the molecule is C=C1C2CC3C1C(=O)C2C31CC1. The van der Waals surface area contributed by atoms with Gasteiger partial charge in [-0.25, -0.2) is 0 Å². The van der Waals surface area contributed by atoms with Gasteiger partial charge in [0.25, 0.3) is 0 Å². The summed E-state index contributed by atoms with van der Waals surface area (Å²) in [6.45, 7) is 4.08. The molecule has 1 nitrogen and oxygen atoms in total. The third-order valence-electron chi connectivity index (χ3n) is 4.99. The first-order valence-electron chi connectivity index (χ1n) is 4.98. The zero-order chi connectivity index (χ0) is 8.09. The number of hydrogen-bond donors (Lipinski definition) is 0. The quantitative estimate of drug-likeness (QED) is 0.494. The number of carbonyl (C=O) groups is 1. The molecule has 0 aromatic carbocycles. The van der Waals surface area contributed by atoms with Crippen molar-refractivity contribution in [2.75, 3.05) is 0 Å². The van der Waals surface area contributed by atoms with Crippen LogP contribution in [0.4, 0.5) is 0 Å². The Kier molecular flexibility index (Phi) is 0.656. The largest absolute Gasteiger partial charge is 0.299 e. The van der Waals surface area contributed by atoms with Crippen LogP contribution < -0.4 is 0 Å². The van der Waals surface area contributed by atoms with Crippen molar-refractivity contribution in [3.05, 3.63) is 12.2 Å². The van der Waals surface area contributed by atoms with Crippen molar-refractivity contribution >= 4 is 5.78 Å². The monoisotopic (exact) mass is 160 g/mol. The molecule has 0 aromatic rings. The van der Waals surface area contributed by atoms with E-state index >= 15 is 0 Å². The highest BCUT2D eigenvalue weighted by Gasteiger charge is 2.77. The molecule has 62 valence electrons. The average Bonchev–Trinajstić information content (AvgIpc) is 2.51. The summed E-state index contributed by atoms with van der Waals surface area (Å²) in [7, 11) is 0. The lowest BCUT2D eigenvalue weighted by molar-refractivity contribution is -0.123. The standard InChI is InChI=1S/C11H12O/c1-5-6-4-7-8(5)10(12)9(6)11(7)2-3-11/h6-9H,1-4H2. The highest BCUT2D eigenvalue weighted by atomic mass is 16.1. The first-order chi connectivity index (χ1) is 5.76. The average molecular weight is 160 g/mol. The molecule has 0 radical (unpaired) electrons. The lowest BCUT2D eigenvalue weighted by Gasteiger charge is -2.19. The number of Topliss-reactive ketones (excluding diaryl/α,β-unsaturated/α-hetero) is 1. The van der Waals surface area contributed by atoms with Gasteiger partial charge in [-0.05, 0) is 36.5 Å². The maximum absolute atomic E-state index is 11.8. The van der Waals surface area contributed by atoms with Gasteiger partial charge in [-0.15, -0.1) is 0 Å². The van der Waals surface area contributed by atoms with E-state index in [1.54, 1.807) is 0 Å². The third-order valence-corrected chi connectivity index (χ3v) is 4.99. The Morgan fingerprint density at radius 2 is 2.17 bits per heavy atom. The molecule has 5 aliphatic carbocycles. The summed E-state index contributed by atoms with van der Waals surface area (Å²) in [5.74, 6) is 2.70. The number of carbonyl (C=O) groups excluding carboxylic acids is 1. The molecule has 5 saturated carbocycles. The van der Waals surface area contributed by atoms with Crippen molar-refractivity contribution in [3.8, 4) is 0 Å². The van der Waals surface area contributed by atoms with E-state index in [2.05, 4.69) is 6.58 Å². The minimum absolute atomic E-state index is 0.322. The van der Waals surface area contributed by atoms with Gasteiger partial charge >= 0.3 is 0 Å². The van der Waals surface area contributed by atoms with E-state index < -0.39 is 0 Å². The summed E-state index contributed by atoms with van der Waals surface area (Å²) in [5.41, 5.74) is 1.83. The first-order valence-corrected chi connectivity index (χ1v) is 4.98. The second kappa shape index (κ2) is 1.32. The molecule has 5 rings (SSSR count). The molecule has 4 unspecified atom stereocenters. The van der Waals surface area contributed by atoms with Crippen LogP contribution in [0.15, 0.2) is 12.2 Å². The third kappa shape index (κ3) is 0.337. The van der Waals surface area contributed by atoms with E-state index in [1.165, 1.54) is 24.8 Å². The predicted octanol–water partition coefficient (Wildman–Crippen LogP) is 1.79. The number of hydrogen-bond acceptors (Lipinski definition) is 1. The molecule has 12 heavy (non-hydrogen) atoms. The minimum atomic E-state index is 0.322. The normalized spacial score (nSPS) is 56.3. The minimum Gasteiger partial charge on any atom is -0.299 e. The summed E-state index contributed by atoms with van der Waals surface area (Å²) < 4.78 is 0. The van der Waals surface area contributed by atoms with Gasteiger partial charge in [0.1, 0.15) is 5.78 Å². The zero-order valence-corrected chi connectivity index (χ0v) is 7.05.